The fraction of sp³-hybridized carbons (Fsp3) is 1.00. The van der Waals surface area contributed by atoms with Gasteiger partial charge in [-0.3, -0.25) is 20.1 Å². The Balaban J connectivity index is 3.50. The highest BCUT2D eigenvalue weighted by Crippen LogP contribution is 2.41. The van der Waals surface area contributed by atoms with Crippen LogP contribution in [0.3, 0.4) is 0 Å². The second-order valence-corrected chi connectivity index (χ2v) is 13.3. The first-order valence-electron chi connectivity index (χ1n) is 10.5. The van der Waals surface area contributed by atoms with E-state index in [1.54, 1.807) is 0 Å². The summed E-state index contributed by atoms with van der Waals surface area (Å²) >= 11 is 0. The summed E-state index contributed by atoms with van der Waals surface area (Å²) in [6, 6.07) is 0. The summed E-state index contributed by atoms with van der Waals surface area (Å²) in [4.78, 5) is 18.6. The second-order valence-electron chi connectivity index (χ2n) is 9.65. The highest BCUT2D eigenvalue weighted by molar-refractivity contribution is 7.55. The van der Waals surface area contributed by atoms with E-state index in [2.05, 4.69) is 0 Å². The zero-order valence-corrected chi connectivity index (χ0v) is 20.6. The van der Waals surface area contributed by atoms with Crippen LogP contribution in [0.4, 0.5) is 0 Å². The third kappa shape index (κ3) is 21.2. The Morgan fingerprint density at radius 1 is 0.655 bits per heavy atom. The van der Waals surface area contributed by atoms with Gasteiger partial charge in [0.1, 0.15) is 0 Å². The molecule has 8 nitrogen and oxygen atoms in total. The number of unbranched alkanes of at least 4 members (excludes halogenated alkanes) is 2. The van der Waals surface area contributed by atoms with Crippen molar-refractivity contribution in [2.45, 2.75) is 72.6 Å². The maximum Gasteiger partial charge on any atom is 0.265 e. The lowest BCUT2D eigenvalue weighted by molar-refractivity contribution is 0.0782. The van der Waals surface area contributed by atoms with Crippen LogP contribution in [0.1, 0.15) is 72.6 Å². The molecule has 6 N–H and O–H groups in total. The minimum absolute atomic E-state index is 0.144. The number of nitrogens with two attached hydrogens (primary N) is 2. The fourth-order valence-electron chi connectivity index (χ4n) is 3.47. The van der Waals surface area contributed by atoms with Crippen LogP contribution in [0.5, 0.6) is 0 Å². The number of hydrogen-bond acceptors (Lipinski definition) is 4. The van der Waals surface area contributed by atoms with E-state index in [1.807, 2.05) is 27.7 Å². The van der Waals surface area contributed by atoms with Gasteiger partial charge in [0, 0.05) is 38.8 Å². The van der Waals surface area contributed by atoms with Crippen molar-refractivity contribution in [3.05, 3.63) is 0 Å². The summed E-state index contributed by atoms with van der Waals surface area (Å²) in [5.41, 5.74) is 10.0. The zero-order valence-electron chi connectivity index (χ0n) is 18.8. The summed E-state index contributed by atoms with van der Waals surface area (Å²) < 4.78 is 33.8. The Morgan fingerprint density at radius 2 is 0.966 bits per heavy atom. The number of rotatable bonds is 18. The van der Waals surface area contributed by atoms with E-state index in [4.69, 9.17) is 20.5 Å². The summed E-state index contributed by atoms with van der Waals surface area (Å²) in [7, 11) is -6.92. The van der Waals surface area contributed by atoms with E-state index < -0.39 is 15.0 Å². The summed E-state index contributed by atoms with van der Waals surface area (Å²) in [6.07, 6.45) is 6.55. The molecule has 0 aliphatic carbocycles. The van der Waals surface area contributed by atoms with Crippen molar-refractivity contribution in [2.75, 3.05) is 38.8 Å². The minimum Gasteiger partial charge on any atom is -0.381 e. The Hall–Kier alpha value is 0.220. The average Bonchev–Trinajstić information content (AvgIpc) is 2.46. The molecule has 0 bridgehead atoms. The zero-order chi connectivity index (χ0) is 22.6. The molecule has 0 saturated carbocycles. The van der Waals surface area contributed by atoms with Crippen LogP contribution in [0.25, 0.3) is 0 Å². The maximum absolute atomic E-state index is 11.3. The van der Waals surface area contributed by atoms with Gasteiger partial charge in [0.2, 0.25) is 0 Å². The predicted molar refractivity (Wildman–Crippen MR) is 119 cm³/mol. The molecule has 0 amide bonds. The van der Waals surface area contributed by atoms with Crippen molar-refractivity contribution in [1.82, 2.24) is 0 Å². The molecule has 29 heavy (non-hydrogen) atoms. The predicted octanol–water partition coefficient (Wildman–Crippen LogP) is 4.09. The Morgan fingerprint density at radius 3 is 1.28 bits per heavy atom. The minimum atomic E-state index is -3.46. The van der Waals surface area contributed by atoms with Crippen LogP contribution < -0.4 is 11.0 Å². The summed E-state index contributed by atoms with van der Waals surface area (Å²) in [5.74, 6) is 0. The van der Waals surface area contributed by atoms with Gasteiger partial charge in [0.25, 0.3) is 15.0 Å². The van der Waals surface area contributed by atoms with Gasteiger partial charge in [-0.1, -0.05) is 40.5 Å². The first-order valence-corrected chi connectivity index (χ1v) is 14.3. The van der Waals surface area contributed by atoms with Gasteiger partial charge in [-0.15, -0.1) is 0 Å². The third-order valence-electron chi connectivity index (χ3n) is 4.67. The van der Waals surface area contributed by atoms with Gasteiger partial charge in [-0.25, -0.2) is 0 Å². The molecule has 0 aliphatic rings. The van der Waals surface area contributed by atoms with Gasteiger partial charge in [-0.05, 0) is 42.9 Å². The van der Waals surface area contributed by atoms with Gasteiger partial charge in [-0.2, -0.15) is 0 Å². The quantitative estimate of drug-likeness (QED) is 0.177. The van der Waals surface area contributed by atoms with E-state index in [1.165, 1.54) is 0 Å². The fourth-order valence-corrected chi connectivity index (χ4v) is 6.24. The lowest BCUT2D eigenvalue weighted by Crippen LogP contribution is -2.19. The van der Waals surface area contributed by atoms with Gasteiger partial charge >= 0.3 is 0 Å². The lowest BCUT2D eigenvalue weighted by atomic mass is 9.89. The molecule has 0 aromatic carbocycles. The van der Waals surface area contributed by atoms with E-state index in [0.717, 1.165) is 44.9 Å². The molecule has 0 fully saturated rings. The van der Waals surface area contributed by atoms with Gasteiger partial charge in [0.15, 0.2) is 0 Å². The molecule has 0 aromatic rings. The first kappa shape index (κ1) is 29.2. The van der Waals surface area contributed by atoms with Gasteiger partial charge in [0.05, 0.1) is 0 Å². The molecule has 10 heteroatoms. The molecule has 2 atom stereocenters. The monoisotopic (exact) mass is 458 g/mol. The highest BCUT2D eigenvalue weighted by atomic mass is 31.2. The molecule has 0 radical (unpaired) electrons. The summed E-state index contributed by atoms with van der Waals surface area (Å²) in [6.45, 7) is 10.5. The second kappa shape index (κ2) is 13.6. The molecule has 0 heterocycles. The normalized spacial score (nSPS) is 17.1. The lowest BCUT2D eigenvalue weighted by Gasteiger charge is -2.25. The van der Waals surface area contributed by atoms with Crippen LogP contribution in [0.2, 0.25) is 0 Å². The molecule has 0 saturated heterocycles. The molecular weight excluding hydrogens is 414 g/mol. The van der Waals surface area contributed by atoms with E-state index in [-0.39, 0.29) is 23.2 Å². The van der Waals surface area contributed by atoms with Crippen LogP contribution in [0, 0.1) is 10.8 Å². The summed E-state index contributed by atoms with van der Waals surface area (Å²) in [5, 5.41) is 0. The Labute approximate surface area is 177 Å². The SMILES string of the molecule is CC(C)(CCCCOCCCOCCCCC(C)(C)CP(N)(=O)O)CP(N)(=O)O. The largest absolute Gasteiger partial charge is 0.381 e. The first-order chi connectivity index (χ1) is 13.1. The van der Waals surface area contributed by atoms with Crippen molar-refractivity contribution in [3.8, 4) is 0 Å². The molecule has 176 valence electrons. The van der Waals surface area contributed by atoms with Crippen LogP contribution in [-0.4, -0.2) is 48.5 Å². The van der Waals surface area contributed by atoms with Gasteiger partial charge < -0.3 is 19.3 Å². The maximum atomic E-state index is 11.3. The number of ether oxygens (including phenoxy) is 2. The smallest absolute Gasteiger partial charge is 0.265 e. The van der Waals surface area contributed by atoms with E-state index in [9.17, 15) is 18.9 Å². The highest BCUT2D eigenvalue weighted by Gasteiger charge is 2.27. The van der Waals surface area contributed by atoms with Crippen molar-refractivity contribution in [1.29, 1.82) is 0 Å². The van der Waals surface area contributed by atoms with E-state index >= 15 is 0 Å². The molecule has 0 aromatic heterocycles. The van der Waals surface area contributed by atoms with Crippen LogP contribution in [0.15, 0.2) is 0 Å². The van der Waals surface area contributed by atoms with Crippen molar-refractivity contribution in [2.24, 2.45) is 21.8 Å². The molecule has 0 aliphatic heterocycles. The Bertz CT molecular complexity index is 485. The van der Waals surface area contributed by atoms with Crippen molar-refractivity contribution < 1.29 is 28.4 Å². The molecule has 0 spiro atoms. The molecule has 2 unspecified atom stereocenters. The van der Waals surface area contributed by atoms with Crippen molar-refractivity contribution in [3.63, 3.8) is 0 Å². The van der Waals surface area contributed by atoms with E-state index in [0.29, 0.717) is 26.4 Å². The van der Waals surface area contributed by atoms with Crippen molar-refractivity contribution >= 4 is 15.0 Å². The topological polar surface area (TPSA) is 145 Å². The Kier molecular flexibility index (Phi) is 13.7. The molecular formula is C19H44N2O6P2. The molecule has 0 rings (SSSR count). The standard InChI is InChI=1S/C19H44N2O6P2/c1-18(2,16-28(20,22)23)10-5-7-12-26-14-9-15-27-13-8-6-11-19(3,4)17-29(21,24)25/h5-17H2,1-4H3,(H3,20,22,23)(H3,21,24,25). The van der Waals surface area contributed by atoms with Crippen LogP contribution in [-0.2, 0) is 18.6 Å². The third-order valence-corrected chi connectivity index (χ3v) is 7.29. The van der Waals surface area contributed by atoms with Crippen LogP contribution >= 0.6 is 15.0 Å². The number of hydrogen-bond donors (Lipinski definition) is 4. The average molecular weight is 459 g/mol.